The van der Waals surface area contributed by atoms with E-state index in [1.807, 2.05) is 66.7 Å². The molecule has 0 radical (unpaired) electrons. The number of hydrogen-bond acceptors (Lipinski definition) is 5. The second kappa shape index (κ2) is 13.0. The van der Waals surface area contributed by atoms with E-state index in [2.05, 4.69) is 11.9 Å². The number of benzene rings is 2. The molecule has 1 aliphatic rings. The van der Waals surface area contributed by atoms with Crippen molar-refractivity contribution >= 4 is 18.1 Å². The zero-order valence-corrected chi connectivity index (χ0v) is 19.1. The van der Waals surface area contributed by atoms with Crippen molar-refractivity contribution in [2.45, 2.75) is 25.3 Å². The molecule has 1 heterocycles. The lowest BCUT2D eigenvalue weighted by Crippen LogP contribution is -2.46. The minimum absolute atomic E-state index is 0.0270. The zero-order chi connectivity index (χ0) is 24.2. The number of allylic oxidation sites excluding steroid dienone is 2. The number of hydrogen-bond donors (Lipinski definition) is 1. The van der Waals surface area contributed by atoms with Crippen LogP contribution in [-0.4, -0.2) is 48.8 Å². The molecule has 7 nitrogen and oxygen atoms in total. The van der Waals surface area contributed by atoms with Gasteiger partial charge in [-0.1, -0.05) is 78.9 Å². The number of rotatable bonds is 11. The normalized spacial score (nSPS) is 16.2. The van der Waals surface area contributed by atoms with Gasteiger partial charge in [0.05, 0.1) is 12.0 Å². The number of nitrogens with zero attached hydrogens (tertiary/aromatic N) is 1. The van der Waals surface area contributed by atoms with E-state index in [4.69, 9.17) is 9.47 Å². The Kier molecular flexibility index (Phi) is 9.46. The number of carbonyl (C=O) groups excluding carboxylic acids is 3. The average Bonchev–Trinajstić information content (AvgIpc) is 3.22. The van der Waals surface area contributed by atoms with Gasteiger partial charge in [-0.2, -0.15) is 0 Å². The Labute approximate surface area is 200 Å². The Morgan fingerprint density at radius 2 is 1.76 bits per heavy atom. The monoisotopic (exact) mass is 462 g/mol. The van der Waals surface area contributed by atoms with Crippen LogP contribution in [0.15, 0.2) is 85.5 Å². The highest BCUT2D eigenvalue weighted by atomic mass is 16.6. The summed E-state index contributed by atoms with van der Waals surface area (Å²) in [6, 6.07) is 19.2. The van der Waals surface area contributed by atoms with E-state index >= 15 is 0 Å². The van der Waals surface area contributed by atoms with Crippen LogP contribution < -0.4 is 5.32 Å². The molecule has 178 valence electrons. The van der Waals surface area contributed by atoms with Crippen molar-refractivity contribution in [2.75, 3.05) is 19.8 Å². The maximum Gasteiger partial charge on any atom is 0.416 e. The number of carbonyl (C=O) groups is 3. The highest BCUT2D eigenvalue weighted by Gasteiger charge is 2.40. The van der Waals surface area contributed by atoms with E-state index < -0.39 is 30.1 Å². The van der Waals surface area contributed by atoms with Gasteiger partial charge in [0.2, 0.25) is 5.91 Å². The van der Waals surface area contributed by atoms with Crippen molar-refractivity contribution in [1.29, 1.82) is 0 Å². The fourth-order valence-electron chi connectivity index (χ4n) is 3.72. The summed E-state index contributed by atoms with van der Waals surface area (Å²) < 4.78 is 10.3. The molecule has 34 heavy (non-hydrogen) atoms. The summed E-state index contributed by atoms with van der Waals surface area (Å²) in [5.74, 6) is -1.05. The van der Waals surface area contributed by atoms with E-state index in [1.54, 1.807) is 12.2 Å². The Balaban J connectivity index is 1.49. The maximum absolute atomic E-state index is 13.2. The molecular formula is C27H30N2O5. The summed E-state index contributed by atoms with van der Waals surface area (Å²) in [6.07, 6.45) is 5.56. The predicted octanol–water partition coefficient (Wildman–Crippen LogP) is 4.29. The van der Waals surface area contributed by atoms with Crippen LogP contribution in [0.2, 0.25) is 0 Å². The third-order valence-corrected chi connectivity index (χ3v) is 5.48. The van der Waals surface area contributed by atoms with Crippen LogP contribution in [0.1, 0.15) is 17.5 Å². The average molecular weight is 463 g/mol. The largest absolute Gasteiger partial charge is 0.447 e. The van der Waals surface area contributed by atoms with E-state index in [0.29, 0.717) is 12.8 Å². The van der Waals surface area contributed by atoms with Crippen LogP contribution in [0.25, 0.3) is 0 Å². The molecule has 0 spiro atoms. The Morgan fingerprint density at radius 3 is 2.44 bits per heavy atom. The minimum atomic E-state index is -0.661. The number of cyclic esters (lactones) is 1. The van der Waals surface area contributed by atoms with Crippen LogP contribution in [-0.2, 0) is 27.1 Å². The predicted molar refractivity (Wildman–Crippen MR) is 129 cm³/mol. The molecule has 2 aromatic carbocycles. The molecule has 2 aromatic rings. The smallest absolute Gasteiger partial charge is 0.416 e. The summed E-state index contributed by atoms with van der Waals surface area (Å²) in [5, 5.41) is 2.62. The van der Waals surface area contributed by atoms with Gasteiger partial charge in [0.1, 0.15) is 13.2 Å². The second-order valence-corrected chi connectivity index (χ2v) is 7.99. The summed E-state index contributed by atoms with van der Waals surface area (Å²) in [4.78, 5) is 38.7. The van der Waals surface area contributed by atoms with Crippen molar-refractivity contribution in [3.8, 4) is 0 Å². The van der Waals surface area contributed by atoms with Gasteiger partial charge in [0, 0.05) is 6.54 Å². The maximum atomic E-state index is 13.2. The topological polar surface area (TPSA) is 84.9 Å². The van der Waals surface area contributed by atoms with Gasteiger partial charge in [0.25, 0.3) is 0 Å². The van der Waals surface area contributed by atoms with Crippen LogP contribution in [0.5, 0.6) is 0 Å². The first-order valence-electron chi connectivity index (χ1n) is 11.3. The van der Waals surface area contributed by atoms with Crippen LogP contribution >= 0.6 is 0 Å². The minimum Gasteiger partial charge on any atom is -0.447 e. The van der Waals surface area contributed by atoms with E-state index in [0.717, 1.165) is 12.0 Å². The molecule has 0 aromatic heterocycles. The molecule has 0 saturated carbocycles. The molecule has 0 unspecified atom stereocenters. The number of imide groups is 1. The van der Waals surface area contributed by atoms with Gasteiger partial charge < -0.3 is 14.8 Å². The number of amides is 3. The lowest BCUT2D eigenvalue weighted by atomic mass is 10.0. The summed E-state index contributed by atoms with van der Waals surface area (Å²) in [7, 11) is 0. The van der Waals surface area contributed by atoms with Gasteiger partial charge >= 0.3 is 12.2 Å². The SMILES string of the molecule is C=CC[C@H](CNC(=O)OCC=CCc1ccccc1)C(=O)N1C(=O)OC[C@H]1Cc1ccccc1. The highest BCUT2D eigenvalue weighted by molar-refractivity contribution is 5.95. The number of alkyl carbamates (subject to hydrolysis) is 1. The molecular weight excluding hydrogens is 432 g/mol. The molecule has 0 aliphatic carbocycles. The van der Waals surface area contributed by atoms with Crippen molar-refractivity contribution in [1.82, 2.24) is 10.2 Å². The number of nitrogens with one attached hydrogen (secondary N) is 1. The standard InChI is InChI=1S/C27H30N2O5/c1-2-11-23(19-28-26(31)33-17-10-9-14-21-12-5-3-6-13-21)25(30)29-24(20-34-27(29)32)18-22-15-7-4-8-16-22/h2-10,12-13,15-16,23-24H,1,11,14,17-20H2,(H,28,31)/t23-,24-/m1/s1. The summed E-state index contributed by atoms with van der Waals surface area (Å²) in [6.45, 7) is 3.99. The van der Waals surface area contributed by atoms with Gasteiger partial charge in [-0.05, 0) is 30.4 Å². The Hall–Kier alpha value is -3.87. The molecule has 3 amide bonds. The van der Waals surface area contributed by atoms with Crippen LogP contribution in [0, 0.1) is 5.92 Å². The summed E-state index contributed by atoms with van der Waals surface area (Å²) in [5.41, 5.74) is 2.17. The molecule has 3 rings (SSSR count). The van der Waals surface area contributed by atoms with Gasteiger partial charge in [0.15, 0.2) is 0 Å². The van der Waals surface area contributed by atoms with Gasteiger partial charge in [-0.25, -0.2) is 14.5 Å². The Bertz CT molecular complexity index is 991. The molecule has 1 aliphatic heterocycles. The van der Waals surface area contributed by atoms with Crippen molar-refractivity contribution in [3.05, 3.63) is 96.6 Å². The molecule has 7 heteroatoms. The van der Waals surface area contributed by atoms with E-state index in [1.165, 1.54) is 10.5 Å². The van der Waals surface area contributed by atoms with Gasteiger partial charge in [-0.15, -0.1) is 6.58 Å². The fraction of sp³-hybridized carbons (Fsp3) is 0.296. The first-order chi connectivity index (χ1) is 16.6. The fourth-order valence-corrected chi connectivity index (χ4v) is 3.72. The van der Waals surface area contributed by atoms with Crippen molar-refractivity contribution in [3.63, 3.8) is 0 Å². The lowest BCUT2D eigenvalue weighted by molar-refractivity contribution is -0.133. The third-order valence-electron chi connectivity index (χ3n) is 5.48. The first-order valence-corrected chi connectivity index (χ1v) is 11.3. The van der Waals surface area contributed by atoms with Gasteiger partial charge in [-0.3, -0.25) is 4.79 Å². The second-order valence-electron chi connectivity index (χ2n) is 7.99. The quantitative estimate of drug-likeness (QED) is 0.504. The molecule has 1 saturated heterocycles. The van der Waals surface area contributed by atoms with Crippen LogP contribution in [0.3, 0.4) is 0 Å². The molecule has 1 fully saturated rings. The molecule has 0 bridgehead atoms. The molecule has 2 atom stereocenters. The van der Waals surface area contributed by atoms with E-state index in [-0.39, 0.29) is 19.8 Å². The Morgan fingerprint density at radius 1 is 1.09 bits per heavy atom. The molecule has 1 N–H and O–H groups in total. The van der Waals surface area contributed by atoms with Crippen molar-refractivity contribution in [2.24, 2.45) is 5.92 Å². The summed E-state index contributed by atoms with van der Waals surface area (Å²) >= 11 is 0. The zero-order valence-electron chi connectivity index (χ0n) is 19.1. The van der Waals surface area contributed by atoms with E-state index in [9.17, 15) is 14.4 Å². The van der Waals surface area contributed by atoms with Crippen molar-refractivity contribution < 1.29 is 23.9 Å². The lowest BCUT2D eigenvalue weighted by Gasteiger charge is -2.24. The third kappa shape index (κ3) is 7.33. The first kappa shape index (κ1) is 24.8. The van der Waals surface area contributed by atoms with Crippen LogP contribution in [0.4, 0.5) is 9.59 Å². The number of ether oxygens (including phenoxy) is 2. The highest BCUT2D eigenvalue weighted by Crippen LogP contribution is 2.21.